The fraction of sp³-hybridized carbons (Fsp3) is 0.182. The molecule has 0 atom stereocenters. The summed E-state index contributed by atoms with van der Waals surface area (Å²) < 4.78 is 60.3. The molecule has 0 fully saturated rings. The molecule has 0 aliphatic rings. The molecule has 0 bridgehead atoms. The molecular weight excluding hydrogens is 468 g/mol. The van der Waals surface area contributed by atoms with Gasteiger partial charge in [-0.1, -0.05) is 11.6 Å². The average molecular weight is 485 g/mol. The second-order valence-electron chi connectivity index (χ2n) is 6.41. The van der Waals surface area contributed by atoms with Gasteiger partial charge in [-0.3, -0.25) is 4.98 Å². The number of hydrogen-bond donors (Lipinski definition) is 0. The summed E-state index contributed by atoms with van der Waals surface area (Å²) in [5.74, 6) is -1.97. The highest BCUT2D eigenvalue weighted by Gasteiger charge is 2.31. The van der Waals surface area contributed by atoms with Crippen molar-refractivity contribution in [2.75, 3.05) is 14.2 Å². The quantitative estimate of drug-likeness (QED) is 0.290. The maximum Gasteiger partial charge on any atom is 0.416 e. The van der Waals surface area contributed by atoms with E-state index in [4.69, 9.17) is 11.6 Å². The first-order valence-corrected chi connectivity index (χ1v) is 9.51. The zero-order valence-corrected chi connectivity index (χ0v) is 18.1. The predicted molar refractivity (Wildman–Crippen MR) is 110 cm³/mol. The van der Waals surface area contributed by atoms with Gasteiger partial charge in [0.1, 0.15) is 11.0 Å². The maximum absolute atomic E-state index is 13.3. The van der Waals surface area contributed by atoms with Crippen LogP contribution < -0.4 is 0 Å². The molecule has 0 saturated carbocycles. The Morgan fingerprint density at radius 3 is 2.03 bits per heavy atom. The first-order valence-electron chi connectivity index (χ1n) is 9.13. The molecule has 0 amide bonds. The van der Waals surface area contributed by atoms with E-state index < -0.39 is 29.5 Å². The van der Waals surface area contributed by atoms with Crippen molar-refractivity contribution >= 4 is 23.5 Å². The Balaban J connectivity index is 0.000000294. The first-order chi connectivity index (χ1) is 15.5. The molecule has 0 N–H and O–H groups in total. The van der Waals surface area contributed by atoms with Crippen LogP contribution in [0.4, 0.5) is 17.6 Å². The largest absolute Gasteiger partial charge is 0.465 e. The van der Waals surface area contributed by atoms with Gasteiger partial charge in [0.15, 0.2) is 0 Å². The molecule has 174 valence electrons. The molecule has 0 radical (unpaired) electrons. The normalized spacial score (nSPS) is 10.6. The number of aromatic nitrogens is 2. The smallest absolute Gasteiger partial charge is 0.416 e. The first kappa shape index (κ1) is 25.7. The van der Waals surface area contributed by atoms with Crippen LogP contribution in [-0.2, 0) is 22.1 Å². The Morgan fingerprint density at radius 1 is 0.909 bits per heavy atom. The molecule has 6 nitrogen and oxygen atoms in total. The molecule has 3 rings (SSSR count). The summed E-state index contributed by atoms with van der Waals surface area (Å²) in [5, 5.41) is 0.285. The number of rotatable bonds is 4. The van der Waals surface area contributed by atoms with E-state index in [1.54, 1.807) is 0 Å². The van der Waals surface area contributed by atoms with Gasteiger partial charge in [0.25, 0.3) is 0 Å². The van der Waals surface area contributed by atoms with Crippen LogP contribution in [0.1, 0.15) is 37.5 Å². The monoisotopic (exact) mass is 484 g/mol. The molecule has 0 unspecified atom stereocenters. The van der Waals surface area contributed by atoms with Crippen molar-refractivity contribution in [1.29, 1.82) is 0 Å². The van der Waals surface area contributed by atoms with Crippen LogP contribution in [-0.4, -0.2) is 36.1 Å². The number of methoxy groups -OCH3 is 2. The van der Waals surface area contributed by atoms with E-state index in [9.17, 15) is 27.2 Å². The number of nitrogens with zero attached hydrogens (tertiary/aromatic N) is 2. The van der Waals surface area contributed by atoms with E-state index in [2.05, 4.69) is 19.4 Å². The van der Waals surface area contributed by atoms with E-state index in [0.717, 1.165) is 12.1 Å². The van der Waals surface area contributed by atoms with Crippen LogP contribution in [0.3, 0.4) is 0 Å². The number of halogens is 5. The van der Waals surface area contributed by atoms with Crippen molar-refractivity contribution in [2.24, 2.45) is 0 Å². The Kier molecular flexibility index (Phi) is 8.86. The Bertz CT molecular complexity index is 1140. The number of carbonyl (C=O) groups excluding carboxylic acids is 2. The molecule has 11 heteroatoms. The highest BCUT2D eigenvalue weighted by atomic mass is 35.5. The fourth-order valence-corrected chi connectivity index (χ4v) is 2.77. The zero-order valence-electron chi connectivity index (χ0n) is 17.3. The molecule has 1 aromatic carbocycles. The number of ether oxygens (including phenoxy) is 2. The van der Waals surface area contributed by atoms with E-state index in [1.807, 2.05) is 0 Å². The van der Waals surface area contributed by atoms with E-state index in [1.165, 1.54) is 50.9 Å². The van der Waals surface area contributed by atoms with Gasteiger partial charge in [-0.2, -0.15) is 13.2 Å². The van der Waals surface area contributed by atoms with Gasteiger partial charge >= 0.3 is 18.1 Å². The third-order valence-corrected chi connectivity index (χ3v) is 4.26. The van der Waals surface area contributed by atoms with Gasteiger partial charge in [0.05, 0.1) is 30.9 Å². The highest BCUT2D eigenvalue weighted by molar-refractivity contribution is 6.29. The summed E-state index contributed by atoms with van der Waals surface area (Å²) in [4.78, 5) is 29.9. The standard InChI is InChI=1S/C15H11F4NO2.C7H6ClNO2/c1-22-14(21)10-2-3-20-13(7-10)6-9-4-11(15(17,18)19)8-12(16)5-9;1-11-7(10)5-2-3-9-6(8)4-5/h2-5,7-8H,6H2,1H3;2-4H,1H3. The molecule has 3 aromatic rings. The van der Waals surface area contributed by atoms with Crippen molar-refractivity contribution < 1.29 is 36.6 Å². The number of benzene rings is 1. The van der Waals surface area contributed by atoms with Crippen LogP contribution >= 0.6 is 11.6 Å². The molecule has 0 aliphatic carbocycles. The number of pyridine rings is 2. The van der Waals surface area contributed by atoms with Gasteiger partial charge < -0.3 is 9.47 Å². The Labute approximate surface area is 191 Å². The Hall–Kier alpha value is -3.53. The molecule has 2 heterocycles. The van der Waals surface area contributed by atoms with Gasteiger partial charge in [0, 0.05) is 24.5 Å². The summed E-state index contributed by atoms with van der Waals surface area (Å²) >= 11 is 5.53. The summed E-state index contributed by atoms with van der Waals surface area (Å²) in [5.41, 5.74) is 0.0162. The molecule has 0 aliphatic heterocycles. The van der Waals surface area contributed by atoms with Gasteiger partial charge in [-0.25, -0.2) is 19.0 Å². The SMILES string of the molecule is COC(=O)c1ccnc(Cc2cc(F)cc(C(F)(F)F)c2)c1.COC(=O)c1ccnc(Cl)c1. The van der Waals surface area contributed by atoms with Gasteiger partial charge in [-0.05, 0) is 48.0 Å². The number of hydrogen-bond acceptors (Lipinski definition) is 6. The van der Waals surface area contributed by atoms with Crippen molar-refractivity contribution in [1.82, 2.24) is 9.97 Å². The van der Waals surface area contributed by atoms with E-state index in [-0.39, 0.29) is 22.7 Å². The lowest BCUT2D eigenvalue weighted by atomic mass is 10.0. The number of esters is 2. The van der Waals surface area contributed by atoms with Crippen molar-refractivity contribution in [3.05, 3.63) is 93.8 Å². The summed E-state index contributed by atoms with van der Waals surface area (Å²) in [6, 6.07) is 8.09. The highest BCUT2D eigenvalue weighted by Crippen LogP contribution is 2.30. The minimum absolute atomic E-state index is 0.0360. The Morgan fingerprint density at radius 2 is 1.48 bits per heavy atom. The maximum atomic E-state index is 13.3. The van der Waals surface area contributed by atoms with Crippen molar-refractivity contribution in [3.63, 3.8) is 0 Å². The summed E-state index contributed by atoms with van der Waals surface area (Å²) in [6.07, 6.45) is -1.87. The predicted octanol–water partition coefficient (Wildman–Crippen LogP) is 5.14. The van der Waals surface area contributed by atoms with Crippen LogP contribution in [0.2, 0.25) is 5.15 Å². The van der Waals surface area contributed by atoms with Crippen LogP contribution in [0, 0.1) is 5.82 Å². The lowest BCUT2D eigenvalue weighted by Gasteiger charge is -2.09. The summed E-state index contributed by atoms with van der Waals surface area (Å²) in [7, 11) is 2.53. The molecule has 2 aromatic heterocycles. The van der Waals surface area contributed by atoms with Crippen molar-refractivity contribution in [3.8, 4) is 0 Å². The minimum atomic E-state index is -4.63. The third kappa shape index (κ3) is 7.83. The second kappa shape index (κ2) is 11.4. The topological polar surface area (TPSA) is 78.4 Å². The van der Waals surface area contributed by atoms with E-state index >= 15 is 0 Å². The fourth-order valence-electron chi connectivity index (χ4n) is 2.59. The lowest BCUT2D eigenvalue weighted by Crippen LogP contribution is -2.07. The van der Waals surface area contributed by atoms with Crippen LogP contribution in [0.15, 0.2) is 54.9 Å². The molecule has 0 spiro atoms. The van der Waals surface area contributed by atoms with E-state index in [0.29, 0.717) is 17.3 Å². The number of alkyl halides is 3. The molecular formula is C22H17ClF4N2O4. The minimum Gasteiger partial charge on any atom is -0.465 e. The zero-order chi connectivity index (χ0) is 24.6. The number of carbonyl (C=O) groups is 2. The van der Waals surface area contributed by atoms with Crippen LogP contribution in [0.25, 0.3) is 0 Å². The lowest BCUT2D eigenvalue weighted by molar-refractivity contribution is -0.137. The molecule has 33 heavy (non-hydrogen) atoms. The van der Waals surface area contributed by atoms with Gasteiger partial charge in [0.2, 0.25) is 0 Å². The molecule has 0 saturated heterocycles. The second-order valence-corrected chi connectivity index (χ2v) is 6.80. The summed E-state index contributed by atoms with van der Waals surface area (Å²) in [6.45, 7) is 0. The van der Waals surface area contributed by atoms with Crippen LogP contribution in [0.5, 0.6) is 0 Å². The average Bonchev–Trinajstić information content (AvgIpc) is 2.77. The van der Waals surface area contributed by atoms with Crippen molar-refractivity contribution in [2.45, 2.75) is 12.6 Å². The third-order valence-electron chi connectivity index (χ3n) is 4.06. The van der Waals surface area contributed by atoms with Gasteiger partial charge in [-0.15, -0.1) is 0 Å².